The van der Waals surface area contributed by atoms with Gasteiger partial charge in [0.25, 0.3) is 0 Å². The average molecular weight is 334 g/mol. The number of benzene rings is 1. The largest absolute Gasteiger partial charge is 0.330 e. The van der Waals surface area contributed by atoms with Crippen LogP contribution in [0, 0.1) is 0 Å². The molecule has 24 heavy (non-hydrogen) atoms. The number of hydrogen-bond donors (Lipinski definition) is 4. The lowest BCUT2D eigenvalue weighted by atomic mass is 10.1. The molecule has 1 rings (SSSR count). The van der Waals surface area contributed by atoms with E-state index in [0.29, 0.717) is 37.3 Å². The van der Waals surface area contributed by atoms with Gasteiger partial charge in [0.05, 0.1) is 11.4 Å². The highest BCUT2D eigenvalue weighted by Crippen LogP contribution is 2.22. The van der Waals surface area contributed by atoms with Crippen LogP contribution in [0.3, 0.4) is 0 Å². The zero-order valence-corrected chi connectivity index (χ0v) is 14.4. The van der Waals surface area contributed by atoms with E-state index < -0.39 is 0 Å². The van der Waals surface area contributed by atoms with E-state index in [4.69, 9.17) is 11.5 Å². The van der Waals surface area contributed by atoms with Crippen LogP contribution >= 0.6 is 0 Å². The number of unbranched alkanes of at least 4 members (excludes halogenated alkanes) is 4. The van der Waals surface area contributed by atoms with Gasteiger partial charge in [0, 0.05) is 12.8 Å². The Morgan fingerprint density at radius 2 is 1.12 bits per heavy atom. The van der Waals surface area contributed by atoms with Crippen molar-refractivity contribution < 1.29 is 9.59 Å². The Bertz CT molecular complexity index is 461. The number of rotatable bonds is 12. The molecule has 0 heterocycles. The molecular weight excluding hydrogens is 304 g/mol. The summed E-state index contributed by atoms with van der Waals surface area (Å²) in [6, 6.07) is 7.26. The Labute approximate surface area is 144 Å². The minimum Gasteiger partial charge on any atom is -0.330 e. The Morgan fingerprint density at radius 1 is 0.708 bits per heavy atom. The van der Waals surface area contributed by atoms with E-state index in [2.05, 4.69) is 10.6 Å². The van der Waals surface area contributed by atoms with Crippen molar-refractivity contribution in [3.63, 3.8) is 0 Å². The number of hydrogen-bond acceptors (Lipinski definition) is 4. The molecule has 0 aromatic heterocycles. The third kappa shape index (κ3) is 8.64. The fourth-order valence-electron chi connectivity index (χ4n) is 2.34. The predicted octanol–water partition coefficient (Wildman–Crippen LogP) is 2.60. The maximum Gasteiger partial charge on any atom is 0.224 e. The van der Waals surface area contributed by atoms with Gasteiger partial charge in [0.15, 0.2) is 0 Å². The molecule has 0 aliphatic rings. The molecule has 0 spiro atoms. The molecule has 0 atom stereocenters. The summed E-state index contributed by atoms with van der Waals surface area (Å²) in [6.07, 6.45) is 6.32. The third-order valence-electron chi connectivity index (χ3n) is 3.69. The van der Waals surface area contributed by atoms with E-state index in [-0.39, 0.29) is 11.8 Å². The Hall–Kier alpha value is -1.92. The Balaban J connectivity index is 2.46. The van der Waals surface area contributed by atoms with Crippen molar-refractivity contribution in [2.24, 2.45) is 11.5 Å². The fraction of sp³-hybridized carbons (Fsp3) is 0.556. The van der Waals surface area contributed by atoms with Gasteiger partial charge in [0.1, 0.15) is 0 Å². The van der Waals surface area contributed by atoms with Crippen LogP contribution in [0.4, 0.5) is 11.4 Å². The molecule has 134 valence electrons. The number of nitrogens with one attached hydrogen (secondary N) is 2. The van der Waals surface area contributed by atoms with E-state index in [1.807, 2.05) is 12.1 Å². The van der Waals surface area contributed by atoms with Crippen LogP contribution < -0.4 is 22.1 Å². The van der Waals surface area contributed by atoms with Gasteiger partial charge in [-0.2, -0.15) is 0 Å². The highest BCUT2D eigenvalue weighted by Gasteiger charge is 2.09. The lowest BCUT2D eigenvalue weighted by Gasteiger charge is -2.12. The molecule has 6 nitrogen and oxygen atoms in total. The summed E-state index contributed by atoms with van der Waals surface area (Å²) in [5, 5.41) is 5.74. The van der Waals surface area contributed by atoms with E-state index in [1.165, 1.54) is 0 Å². The molecule has 0 saturated carbocycles. The normalized spacial score (nSPS) is 10.4. The van der Waals surface area contributed by atoms with Gasteiger partial charge in [-0.1, -0.05) is 25.0 Å². The maximum absolute atomic E-state index is 12.0. The minimum atomic E-state index is -0.0448. The number of para-hydroxylation sites is 2. The molecule has 0 aliphatic heterocycles. The quantitative estimate of drug-likeness (QED) is 0.440. The Morgan fingerprint density at radius 3 is 1.50 bits per heavy atom. The Kier molecular flexibility index (Phi) is 10.5. The summed E-state index contributed by atoms with van der Waals surface area (Å²) in [5.74, 6) is -0.0895. The van der Waals surface area contributed by atoms with Gasteiger partial charge in [-0.25, -0.2) is 0 Å². The summed E-state index contributed by atoms with van der Waals surface area (Å²) < 4.78 is 0. The monoisotopic (exact) mass is 334 g/mol. The van der Waals surface area contributed by atoms with Crippen molar-refractivity contribution in [3.8, 4) is 0 Å². The zero-order valence-electron chi connectivity index (χ0n) is 14.4. The lowest BCUT2D eigenvalue weighted by molar-refractivity contribution is -0.117. The second-order valence-electron chi connectivity index (χ2n) is 5.84. The zero-order chi connectivity index (χ0) is 17.6. The van der Waals surface area contributed by atoms with Crippen LogP contribution in [-0.2, 0) is 9.59 Å². The molecule has 6 heteroatoms. The topological polar surface area (TPSA) is 110 Å². The van der Waals surface area contributed by atoms with Gasteiger partial charge >= 0.3 is 0 Å². The average Bonchev–Trinajstić information content (AvgIpc) is 2.57. The number of carbonyl (C=O) groups is 2. The summed E-state index contributed by atoms with van der Waals surface area (Å²) in [6.45, 7) is 1.31. The third-order valence-corrected chi connectivity index (χ3v) is 3.69. The molecule has 0 saturated heterocycles. The maximum atomic E-state index is 12.0. The van der Waals surface area contributed by atoms with Gasteiger partial charge < -0.3 is 22.1 Å². The van der Waals surface area contributed by atoms with E-state index >= 15 is 0 Å². The molecule has 2 amide bonds. The van der Waals surface area contributed by atoms with Crippen LogP contribution in [0.1, 0.15) is 51.4 Å². The molecule has 1 aromatic carbocycles. The standard InChI is InChI=1S/C18H30N4O2/c19-13-7-1-3-11-17(23)21-15-9-5-6-10-16(15)22-18(24)12-4-2-8-14-20/h5-6,9-10H,1-4,7-8,11-14,19-20H2,(H,21,23)(H,22,24). The van der Waals surface area contributed by atoms with E-state index in [1.54, 1.807) is 12.1 Å². The second kappa shape index (κ2) is 12.5. The van der Waals surface area contributed by atoms with Crippen molar-refractivity contribution >= 4 is 23.2 Å². The number of amides is 2. The van der Waals surface area contributed by atoms with E-state index in [0.717, 1.165) is 38.5 Å². The first-order valence-electron chi connectivity index (χ1n) is 8.76. The molecule has 0 radical (unpaired) electrons. The highest BCUT2D eigenvalue weighted by atomic mass is 16.2. The summed E-state index contributed by atoms with van der Waals surface area (Å²) >= 11 is 0. The van der Waals surface area contributed by atoms with Crippen molar-refractivity contribution in [1.29, 1.82) is 0 Å². The van der Waals surface area contributed by atoms with Crippen molar-refractivity contribution in [2.75, 3.05) is 23.7 Å². The molecule has 1 aromatic rings. The first-order chi connectivity index (χ1) is 11.7. The van der Waals surface area contributed by atoms with Crippen LogP contribution in [0.25, 0.3) is 0 Å². The van der Waals surface area contributed by atoms with Crippen molar-refractivity contribution in [2.45, 2.75) is 51.4 Å². The van der Waals surface area contributed by atoms with Crippen LogP contribution in [-0.4, -0.2) is 24.9 Å². The molecule has 0 unspecified atom stereocenters. The van der Waals surface area contributed by atoms with Crippen LogP contribution in [0.2, 0.25) is 0 Å². The van der Waals surface area contributed by atoms with Gasteiger partial charge in [-0.3, -0.25) is 9.59 Å². The number of nitrogens with two attached hydrogens (primary N) is 2. The molecule has 6 N–H and O–H groups in total. The molecule has 0 aliphatic carbocycles. The van der Waals surface area contributed by atoms with Crippen molar-refractivity contribution in [1.82, 2.24) is 0 Å². The van der Waals surface area contributed by atoms with Gasteiger partial charge in [-0.05, 0) is 50.9 Å². The first-order valence-corrected chi connectivity index (χ1v) is 8.76. The number of carbonyl (C=O) groups excluding carboxylic acids is 2. The first kappa shape index (κ1) is 20.1. The molecular formula is C18H30N4O2. The van der Waals surface area contributed by atoms with Crippen LogP contribution in [0.5, 0.6) is 0 Å². The van der Waals surface area contributed by atoms with E-state index in [9.17, 15) is 9.59 Å². The van der Waals surface area contributed by atoms with Crippen molar-refractivity contribution in [3.05, 3.63) is 24.3 Å². The predicted molar refractivity (Wildman–Crippen MR) is 98.7 cm³/mol. The molecule has 0 bridgehead atoms. The second-order valence-corrected chi connectivity index (χ2v) is 5.84. The van der Waals surface area contributed by atoms with Gasteiger partial charge in [-0.15, -0.1) is 0 Å². The van der Waals surface area contributed by atoms with Crippen LogP contribution in [0.15, 0.2) is 24.3 Å². The van der Waals surface area contributed by atoms with Gasteiger partial charge in [0.2, 0.25) is 11.8 Å². The summed E-state index contributed by atoms with van der Waals surface area (Å²) in [5.41, 5.74) is 12.2. The number of anilines is 2. The lowest BCUT2D eigenvalue weighted by Crippen LogP contribution is -2.16. The fourth-order valence-corrected chi connectivity index (χ4v) is 2.34. The summed E-state index contributed by atoms with van der Waals surface area (Å²) in [4.78, 5) is 24.0. The molecule has 0 fully saturated rings. The smallest absolute Gasteiger partial charge is 0.224 e. The highest BCUT2D eigenvalue weighted by molar-refractivity contribution is 5.99. The minimum absolute atomic E-state index is 0.0448. The summed E-state index contributed by atoms with van der Waals surface area (Å²) in [7, 11) is 0. The SMILES string of the molecule is NCCCCCC(=O)Nc1ccccc1NC(=O)CCCCCN.